The number of likely N-dealkylation sites (tertiary alicyclic amines) is 1. The van der Waals surface area contributed by atoms with Crippen molar-refractivity contribution in [2.75, 3.05) is 26.8 Å². The van der Waals surface area contributed by atoms with Crippen molar-refractivity contribution in [1.29, 1.82) is 0 Å². The van der Waals surface area contributed by atoms with E-state index in [1.165, 1.54) is 0 Å². The highest BCUT2D eigenvalue weighted by atomic mass is 16.5. The number of pyridine rings is 1. The molecule has 1 N–H and O–H groups in total. The molecule has 1 fully saturated rings. The zero-order valence-electron chi connectivity index (χ0n) is 10.7. The van der Waals surface area contributed by atoms with Crippen molar-refractivity contribution in [3.05, 3.63) is 33.7 Å². The Balaban J connectivity index is 2.10. The van der Waals surface area contributed by atoms with Crippen molar-refractivity contribution < 1.29 is 9.53 Å². The number of nitrogens with zero attached hydrogens (tertiary/aromatic N) is 1. The zero-order valence-corrected chi connectivity index (χ0v) is 10.7. The molecule has 0 radical (unpaired) electrons. The number of hydrogen-bond donors (Lipinski definition) is 1. The number of amides is 1. The SMILES string of the molecule is COCC1CCN(C(=O)c2ccc(C)[nH]c2=O)C1. The number of carbonyl (C=O) groups is 1. The lowest BCUT2D eigenvalue weighted by atomic mass is 10.1. The number of ether oxygens (including phenoxy) is 1. The summed E-state index contributed by atoms with van der Waals surface area (Å²) in [6.07, 6.45) is 0.934. The van der Waals surface area contributed by atoms with Gasteiger partial charge in [0.25, 0.3) is 11.5 Å². The minimum atomic E-state index is -0.310. The fourth-order valence-corrected chi connectivity index (χ4v) is 2.30. The van der Waals surface area contributed by atoms with E-state index in [0.717, 1.165) is 12.1 Å². The van der Waals surface area contributed by atoms with Gasteiger partial charge in [-0.25, -0.2) is 0 Å². The molecule has 1 aromatic rings. The van der Waals surface area contributed by atoms with Crippen molar-refractivity contribution in [1.82, 2.24) is 9.88 Å². The van der Waals surface area contributed by atoms with Gasteiger partial charge in [0.05, 0.1) is 6.61 Å². The van der Waals surface area contributed by atoms with Gasteiger partial charge in [-0.3, -0.25) is 9.59 Å². The third kappa shape index (κ3) is 2.61. The Bertz CT molecular complexity index is 495. The van der Waals surface area contributed by atoms with E-state index in [2.05, 4.69) is 4.98 Å². The number of aryl methyl sites for hydroxylation is 1. The number of rotatable bonds is 3. The Morgan fingerprint density at radius 3 is 3.00 bits per heavy atom. The first-order valence-electron chi connectivity index (χ1n) is 6.10. The third-order valence-electron chi connectivity index (χ3n) is 3.26. The van der Waals surface area contributed by atoms with Crippen molar-refractivity contribution >= 4 is 5.91 Å². The van der Waals surface area contributed by atoms with Gasteiger partial charge in [0, 0.05) is 31.8 Å². The molecule has 0 saturated carbocycles. The number of H-pyrrole nitrogens is 1. The van der Waals surface area contributed by atoms with Gasteiger partial charge in [-0.2, -0.15) is 0 Å². The Kier molecular flexibility index (Phi) is 3.81. The highest BCUT2D eigenvalue weighted by molar-refractivity contribution is 5.94. The number of hydrogen-bond acceptors (Lipinski definition) is 3. The smallest absolute Gasteiger partial charge is 0.260 e. The molecule has 1 aliphatic rings. The van der Waals surface area contributed by atoms with E-state index in [-0.39, 0.29) is 17.0 Å². The minimum Gasteiger partial charge on any atom is -0.384 e. The highest BCUT2D eigenvalue weighted by Crippen LogP contribution is 2.17. The lowest BCUT2D eigenvalue weighted by molar-refractivity contribution is 0.0773. The van der Waals surface area contributed by atoms with Gasteiger partial charge in [-0.05, 0) is 25.5 Å². The van der Waals surface area contributed by atoms with Gasteiger partial charge in [-0.15, -0.1) is 0 Å². The highest BCUT2D eigenvalue weighted by Gasteiger charge is 2.27. The number of nitrogens with one attached hydrogen (secondary N) is 1. The van der Waals surface area contributed by atoms with Crippen LogP contribution in [-0.2, 0) is 4.74 Å². The summed E-state index contributed by atoms with van der Waals surface area (Å²) in [6, 6.07) is 3.34. The quantitative estimate of drug-likeness (QED) is 0.862. The zero-order chi connectivity index (χ0) is 13.1. The molecular formula is C13H18N2O3. The van der Waals surface area contributed by atoms with Gasteiger partial charge >= 0.3 is 0 Å². The van der Waals surface area contributed by atoms with Gasteiger partial charge in [0.2, 0.25) is 0 Å². The molecule has 1 aliphatic heterocycles. The Hall–Kier alpha value is -1.62. The Labute approximate surface area is 106 Å². The molecule has 2 rings (SSSR count). The van der Waals surface area contributed by atoms with Crippen LogP contribution in [0.5, 0.6) is 0 Å². The average Bonchev–Trinajstić information content (AvgIpc) is 2.77. The average molecular weight is 250 g/mol. The van der Waals surface area contributed by atoms with E-state index in [0.29, 0.717) is 25.6 Å². The monoisotopic (exact) mass is 250 g/mol. The second-order valence-corrected chi connectivity index (χ2v) is 4.75. The predicted molar refractivity (Wildman–Crippen MR) is 67.7 cm³/mol. The van der Waals surface area contributed by atoms with Crippen molar-refractivity contribution in [2.24, 2.45) is 5.92 Å². The number of carbonyl (C=O) groups excluding carboxylic acids is 1. The summed E-state index contributed by atoms with van der Waals surface area (Å²) in [4.78, 5) is 28.3. The van der Waals surface area contributed by atoms with E-state index in [1.54, 1.807) is 31.1 Å². The van der Waals surface area contributed by atoms with Crippen molar-refractivity contribution in [3.8, 4) is 0 Å². The van der Waals surface area contributed by atoms with Crippen LogP contribution in [0.4, 0.5) is 0 Å². The molecule has 5 heteroatoms. The molecule has 5 nitrogen and oxygen atoms in total. The van der Waals surface area contributed by atoms with Gasteiger partial charge in [-0.1, -0.05) is 0 Å². The van der Waals surface area contributed by atoms with Crippen LogP contribution < -0.4 is 5.56 Å². The van der Waals surface area contributed by atoms with E-state index in [9.17, 15) is 9.59 Å². The molecule has 18 heavy (non-hydrogen) atoms. The molecule has 0 bridgehead atoms. The standard InChI is InChI=1S/C13H18N2O3/c1-9-3-4-11(12(16)14-9)13(17)15-6-5-10(7-15)8-18-2/h3-4,10H,5-8H2,1-2H3,(H,14,16). The molecule has 0 aliphatic carbocycles. The van der Waals surface area contributed by atoms with Crippen LogP contribution >= 0.6 is 0 Å². The molecule has 1 atom stereocenters. The normalized spacial score (nSPS) is 19.2. The van der Waals surface area contributed by atoms with Crippen LogP contribution in [-0.4, -0.2) is 42.6 Å². The molecule has 0 aromatic carbocycles. The summed E-state index contributed by atoms with van der Waals surface area (Å²) in [5, 5.41) is 0. The fraction of sp³-hybridized carbons (Fsp3) is 0.538. The molecule has 1 aromatic heterocycles. The molecule has 1 unspecified atom stereocenters. The van der Waals surface area contributed by atoms with Crippen LogP contribution in [0.1, 0.15) is 22.5 Å². The minimum absolute atomic E-state index is 0.185. The summed E-state index contributed by atoms with van der Waals surface area (Å²) < 4.78 is 5.09. The molecule has 2 heterocycles. The summed E-state index contributed by atoms with van der Waals surface area (Å²) >= 11 is 0. The molecular weight excluding hydrogens is 232 g/mol. The summed E-state index contributed by atoms with van der Waals surface area (Å²) in [6.45, 7) is 3.81. The summed E-state index contributed by atoms with van der Waals surface area (Å²) in [5.74, 6) is 0.193. The van der Waals surface area contributed by atoms with E-state index in [4.69, 9.17) is 4.74 Å². The first-order chi connectivity index (χ1) is 8.61. The van der Waals surface area contributed by atoms with E-state index < -0.39 is 0 Å². The van der Waals surface area contributed by atoms with Crippen LogP contribution in [0.3, 0.4) is 0 Å². The van der Waals surface area contributed by atoms with Crippen molar-refractivity contribution in [2.45, 2.75) is 13.3 Å². The van der Waals surface area contributed by atoms with E-state index in [1.807, 2.05) is 0 Å². The molecule has 98 valence electrons. The Morgan fingerprint density at radius 1 is 1.56 bits per heavy atom. The maximum atomic E-state index is 12.2. The third-order valence-corrected chi connectivity index (χ3v) is 3.26. The molecule has 1 saturated heterocycles. The predicted octanol–water partition coefficient (Wildman–Crippen LogP) is 0.792. The number of methoxy groups -OCH3 is 1. The van der Waals surface area contributed by atoms with Gasteiger partial charge < -0.3 is 14.6 Å². The van der Waals surface area contributed by atoms with Crippen LogP contribution in [0.2, 0.25) is 0 Å². The number of aromatic amines is 1. The maximum Gasteiger partial charge on any atom is 0.260 e. The largest absolute Gasteiger partial charge is 0.384 e. The summed E-state index contributed by atoms with van der Waals surface area (Å²) in [7, 11) is 1.66. The second-order valence-electron chi connectivity index (χ2n) is 4.75. The Morgan fingerprint density at radius 2 is 2.33 bits per heavy atom. The summed E-state index contributed by atoms with van der Waals surface area (Å²) in [5.41, 5.74) is 0.670. The fourth-order valence-electron chi connectivity index (χ4n) is 2.30. The molecule has 0 spiro atoms. The van der Waals surface area contributed by atoms with E-state index >= 15 is 0 Å². The van der Waals surface area contributed by atoms with Gasteiger partial charge in [0.15, 0.2) is 0 Å². The second kappa shape index (κ2) is 5.35. The lowest BCUT2D eigenvalue weighted by Crippen LogP contribution is -2.33. The molecule has 1 amide bonds. The lowest BCUT2D eigenvalue weighted by Gasteiger charge is -2.16. The first kappa shape index (κ1) is 12.8. The first-order valence-corrected chi connectivity index (χ1v) is 6.10. The van der Waals surface area contributed by atoms with Gasteiger partial charge in [0.1, 0.15) is 5.56 Å². The van der Waals surface area contributed by atoms with Crippen LogP contribution in [0.25, 0.3) is 0 Å². The van der Waals surface area contributed by atoms with Crippen LogP contribution in [0, 0.1) is 12.8 Å². The topological polar surface area (TPSA) is 62.4 Å². The van der Waals surface area contributed by atoms with Crippen molar-refractivity contribution in [3.63, 3.8) is 0 Å². The van der Waals surface area contributed by atoms with Crippen LogP contribution in [0.15, 0.2) is 16.9 Å². The maximum absolute atomic E-state index is 12.2. The number of aromatic nitrogens is 1.